The lowest BCUT2D eigenvalue weighted by Crippen LogP contribution is -2.18. The normalized spacial score (nSPS) is 11.8. The van der Waals surface area contributed by atoms with Gasteiger partial charge in [0.15, 0.2) is 0 Å². The third-order valence-corrected chi connectivity index (χ3v) is 5.34. The molecule has 5 heteroatoms. The summed E-state index contributed by atoms with van der Waals surface area (Å²) in [5.41, 5.74) is 3.50. The van der Waals surface area contributed by atoms with Gasteiger partial charge >= 0.3 is 0 Å². The van der Waals surface area contributed by atoms with E-state index in [4.69, 9.17) is 11.6 Å². The van der Waals surface area contributed by atoms with Crippen LogP contribution in [-0.4, -0.2) is 5.91 Å². The number of benzene rings is 3. The van der Waals surface area contributed by atoms with E-state index in [0.29, 0.717) is 17.1 Å². The summed E-state index contributed by atoms with van der Waals surface area (Å²) in [6, 6.07) is 23.2. The lowest BCUT2D eigenvalue weighted by atomic mass is 10.1. The molecule has 1 atom stereocenters. The molecule has 0 unspecified atom stereocenters. The molecule has 27 heavy (non-hydrogen) atoms. The molecule has 0 aliphatic heterocycles. The van der Waals surface area contributed by atoms with Crippen molar-refractivity contribution in [2.75, 3.05) is 5.32 Å². The van der Waals surface area contributed by atoms with Gasteiger partial charge in [0.1, 0.15) is 0 Å². The molecule has 0 saturated carbocycles. The smallest absolute Gasteiger partial charge is 0.257 e. The van der Waals surface area contributed by atoms with Gasteiger partial charge in [0.05, 0.1) is 10.6 Å². The number of nitrogens with one attached hydrogen (secondary N) is 2. The molecule has 0 aromatic heterocycles. The largest absolute Gasteiger partial charge is 0.322 e. The van der Waals surface area contributed by atoms with Crippen LogP contribution in [0.1, 0.15) is 34.5 Å². The average molecular weight is 444 g/mol. The second-order valence-corrected chi connectivity index (χ2v) is 7.52. The highest BCUT2D eigenvalue weighted by molar-refractivity contribution is 9.10. The van der Waals surface area contributed by atoms with Crippen molar-refractivity contribution in [2.24, 2.45) is 0 Å². The molecule has 138 valence electrons. The van der Waals surface area contributed by atoms with Crippen molar-refractivity contribution in [1.82, 2.24) is 5.32 Å². The topological polar surface area (TPSA) is 41.1 Å². The fourth-order valence-corrected chi connectivity index (χ4v) is 3.66. The van der Waals surface area contributed by atoms with Crippen molar-refractivity contribution in [3.05, 3.63) is 99.0 Å². The van der Waals surface area contributed by atoms with Gasteiger partial charge < -0.3 is 10.6 Å². The van der Waals surface area contributed by atoms with Gasteiger partial charge in [-0.3, -0.25) is 4.79 Å². The second kappa shape index (κ2) is 9.18. The van der Waals surface area contributed by atoms with Crippen molar-refractivity contribution in [2.45, 2.75) is 19.5 Å². The van der Waals surface area contributed by atoms with Crippen LogP contribution in [0.2, 0.25) is 5.02 Å². The first-order valence-corrected chi connectivity index (χ1v) is 9.84. The molecule has 0 fully saturated rings. The molecule has 3 rings (SSSR count). The minimum atomic E-state index is -0.215. The van der Waals surface area contributed by atoms with E-state index in [1.165, 1.54) is 5.56 Å². The van der Waals surface area contributed by atoms with E-state index in [-0.39, 0.29) is 11.9 Å². The molecule has 0 radical (unpaired) electrons. The molecule has 3 nitrogen and oxygen atoms in total. The van der Waals surface area contributed by atoms with Crippen LogP contribution in [0.25, 0.3) is 0 Å². The fourth-order valence-electron chi connectivity index (χ4n) is 2.81. The third kappa shape index (κ3) is 5.19. The maximum Gasteiger partial charge on any atom is 0.257 e. The van der Waals surface area contributed by atoms with Crippen LogP contribution >= 0.6 is 27.5 Å². The Morgan fingerprint density at radius 3 is 2.56 bits per heavy atom. The quantitative estimate of drug-likeness (QED) is 0.476. The number of amides is 1. The molecule has 0 saturated heterocycles. The lowest BCUT2D eigenvalue weighted by molar-refractivity contribution is 0.102. The molecule has 3 aromatic carbocycles. The molecule has 0 bridgehead atoms. The van der Waals surface area contributed by atoms with E-state index in [9.17, 15) is 4.79 Å². The number of anilines is 1. The first-order chi connectivity index (χ1) is 13.0. The molecule has 0 heterocycles. The van der Waals surface area contributed by atoms with Crippen molar-refractivity contribution in [1.29, 1.82) is 0 Å². The van der Waals surface area contributed by atoms with Crippen molar-refractivity contribution >= 4 is 39.1 Å². The highest BCUT2D eigenvalue weighted by Crippen LogP contribution is 2.23. The van der Waals surface area contributed by atoms with Gasteiger partial charge in [0, 0.05) is 22.7 Å². The van der Waals surface area contributed by atoms with Gasteiger partial charge in [0.25, 0.3) is 5.91 Å². The monoisotopic (exact) mass is 442 g/mol. The molecule has 0 aliphatic carbocycles. The Morgan fingerprint density at radius 1 is 1.04 bits per heavy atom. The van der Waals surface area contributed by atoms with Crippen molar-refractivity contribution in [3.8, 4) is 0 Å². The summed E-state index contributed by atoms with van der Waals surface area (Å²) in [5.74, 6) is -0.215. The number of carbonyl (C=O) groups is 1. The standard InChI is InChI=1S/C22H20BrClN2O/c1-15(18-9-2-4-11-20(18)23)25-14-16-7-6-8-17(13-16)26-22(27)19-10-3-5-12-21(19)24/h2-13,15,25H,14H2,1H3,(H,26,27)/t15-/m0/s1. The SMILES string of the molecule is C[C@H](NCc1cccc(NC(=O)c2ccccc2Cl)c1)c1ccccc1Br. The Bertz CT molecular complexity index is 945. The molecular formula is C22H20BrClN2O. The molecule has 0 spiro atoms. The Kier molecular flexibility index (Phi) is 6.67. The summed E-state index contributed by atoms with van der Waals surface area (Å²) >= 11 is 9.69. The summed E-state index contributed by atoms with van der Waals surface area (Å²) in [6.45, 7) is 2.82. The lowest BCUT2D eigenvalue weighted by Gasteiger charge is -2.16. The Morgan fingerprint density at radius 2 is 1.78 bits per heavy atom. The van der Waals surface area contributed by atoms with Crippen LogP contribution in [0.5, 0.6) is 0 Å². The van der Waals surface area contributed by atoms with Crippen LogP contribution in [0.4, 0.5) is 5.69 Å². The second-order valence-electron chi connectivity index (χ2n) is 6.26. The zero-order chi connectivity index (χ0) is 19.2. The molecule has 3 aromatic rings. The predicted octanol–water partition coefficient (Wildman–Crippen LogP) is 6.21. The molecular weight excluding hydrogens is 424 g/mol. The predicted molar refractivity (Wildman–Crippen MR) is 115 cm³/mol. The van der Waals surface area contributed by atoms with E-state index < -0.39 is 0 Å². The summed E-state index contributed by atoms with van der Waals surface area (Å²) in [4.78, 5) is 12.4. The highest BCUT2D eigenvalue weighted by atomic mass is 79.9. The van der Waals surface area contributed by atoms with Gasteiger partial charge in [-0.25, -0.2) is 0 Å². The molecule has 1 amide bonds. The third-order valence-electron chi connectivity index (χ3n) is 4.29. The average Bonchev–Trinajstić information content (AvgIpc) is 2.67. The van der Waals surface area contributed by atoms with E-state index in [1.54, 1.807) is 24.3 Å². The first-order valence-electron chi connectivity index (χ1n) is 8.67. The van der Waals surface area contributed by atoms with Crippen LogP contribution in [0, 0.1) is 0 Å². The number of hydrogen-bond donors (Lipinski definition) is 2. The Labute approximate surface area is 172 Å². The Balaban J connectivity index is 1.65. The maximum atomic E-state index is 12.4. The fraction of sp³-hybridized carbons (Fsp3) is 0.136. The number of rotatable bonds is 6. The van der Waals surface area contributed by atoms with Crippen LogP contribution in [-0.2, 0) is 6.54 Å². The molecule has 2 N–H and O–H groups in total. The number of halogens is 2. The summed E-state index contributed by atoms with van der Waals surface area (Å²) < 4.78 is 1.09. The summed E-state index contributed by atoms with van der Waals surface area (Å²) in [5, 5.41) is 6.86. The zero-order valence-corrected chi connectivity index (χ0v) is 17.2. The van der Waals surface area contributed by atoms with Crippen LogP contribution in [0.15, 0.2) is 77.3 Å². The van der Waals surface area contributed by atoms with Gasteiger partial charge in [-0.1, -0.05) is 70.0 Å². The summed E-state index contributed by atoms with van der Waals surface area (Å²) in [7, 11) is 0. The number of carbonyl (C=O) groups excluding carboxylic acids is 1. The minimum absolute atomic E-state index is 0.196. The zero-order valence-electron chi connectivity index (χ0n) is 14.9. The van der Waals surface area contributed by atoms with E-state index in [0.717, 1.165) is 15.7 Å². The van der Waals surface area contributed by atoms with Crippen LogP contribution < -0.4 is 10.6 Å². The van der Waals surface area contributed by atoms with Gasteiger partial charge in [-0.05, 0) is 48.4 Å². The molecule has 0 aliphatic rings. The highest BCUT2D eigenvalue weighted by Gasteiger charge is 2.11. The van der Waals surface area contributed by atoms with Gasteiger partial charge in [-0.15, -0.1) is 0 Å². The summed E-state index contributed by atoms with van der Waals surface area (Å²) in [6.07, 6.45) is 0. The van der Waals surface area contributed by atoms with Gasteiger partial charge in [0.2, 0.25) is 0 Å². The van der Waals surface area contributed by atoms with Crippen molar-refractivity contribution < 1.29 is 4.79 Å². The van der Waals surface area contributed by atoms with E-state index >= 15 is 0 Å². The minimum Gasteiger partial charge on any atom is -0.322 e. The first kappa shape index (κ1) is 19.6. The van der Waals surface area contributed by atoms with Crippen molar-refractivity contribution in [3.63, 3.8) is 0 Å². The van der Waals surface area contributed by atoms with Crippen LogP contribution in [0.3, 0.4) is 0 Å². The van der Waals surface area contributed by atoms with E-state index in [1.807, 2.05) is 42.5 Å². The van der Waals surface area contributed by atoms with Gasteiger partial charge in [-0.2, -0.15) is 0 Å². The van der Waals surface area contributed by atoms with E-state index in [2.05, 4.69) is 39.6 Å². The number of hydrogen-bond acceptors (Lipinski definition) is 2. The maximum absolute atomic E-state index is 12.4. The Hall–Kier alpha value is -2.14.